The minimum absolute atomic E-state index is 0.0618. The van der Waals surface area contributed by atoms with Crippen molar-refractivity contribution in [1.82, 2.24) is 30.0 Å². The third-order valence-corrected chi connectivity index (χ3v) is 5.16. The highest BCUT2D eigenvalue weighted by molar-refractivity contribution is 6.29. The average molecular weight is 420 g/mol. The molecule has 4 aromatic rings. The van der Waals surface area contributed by atoms with Crippen molar-refractivity contribution in [2.45, 2.75) is 25.8 Å². The first-order valence-electron chi connectivity index (χ1n) is 9.59. The third-order valence-electron chi connectivity index (χ3n) is 4.95. The molecule has 0 saturated heterocycles. The Morgan fingerprint density at radius 1 is 1.20 bits per heavy atom. The summed E-state index contributed by atoms with van der Waals surface area (Å²) < 4.78 is 1.61. The van der Waals surface area contributed by atoms with E-state index in [4.69, 9.17) is 11.6 Å². The zero-order chi connectivity index (χ0) is 20.7. The number of aryl methyl sites for hydroxylation is 1. The Balaban J connectivity index is 1.49. The molecule has 0 bridgehead atoms. The van der Waals surface area contributed by atoms with Gasteiger partial charge in [0.15, 0.2) is 11.5 Å². The predicted octanol–water partition coefficient (Wildman–Crippen LogP) is 3.81. The van der Waals surface area contributed by atoms with E-state index in [1.165, 1.54) is 6.33 Å². The number of halogens is 1. The molecule has 0 spiro atoms. The van der Waals surface area contributed by atoms with Gasteiger partial charge in [0.05, 0.1) is 11.6 Å². The molecule has 2 N–H and O–H groups in total. The molecule has 1 aliphatic carbocycles. The quantitative estimate of drug-likeness (QED) is 0.477. The maximum absolute atomic E-state index is 12.4. The van der Waals surface area contributed by atoms with Crippen LogP contribution in [0, 0.1) is 6.92 Å². The summed E-state index contributed by atoms with van der Waals surface area (Å²) in [5.74, 6) is 1.10. The number of amides is 1. The summed E-state index contributed by atoms with van der Waals surface area (Å²) in [4.78, 5) is 25.4. The van der Waals surface area contributed by atoms with Gasteiger partial charge in [0.1, 0.15) is 17.3 Å². The Hall–Kier alpha value is -3.52. The number of anilines is 2. The zero-order valence-electron chi connectivity index (χ0n) is 16.1. The number of pyridine rings is 1. The van der Waals surface area contributed by atoms with Crippen LogP contribution < -0.4 is 10.6 Å². The van der Waals surface area contributed by atoms with Crippen LogP contribution in [0.1, 0.15) is 28.8 Å². The summed E-state index contributed by atoms with van der Waals surface area (Å²) in [5.41, 5.74) is 3.00. The fraction of sp³-hybridized carbons (Fsp3) is 0.190. The Morgan fingerprint density at radius 3 is 2.87 bits per heavy atom. The van der Waals surface area contributed by atoms with E-state index >= 15 is 0 Å². The highest BCUT2D eigenvalue weighted by atomic mass is 35.5. The molecule has 3 aromatic heterocycles. The van der Waals surface area contributed by atoms with Crippen molar-refractivity contribution < 1.29 is 4.79 Å². The molecule has 3 heterocycles. The van der Waals surface area contributed by atoms with E-state index in [0.29, 0.717) is 34.0 Å². The van der Waals surface area contributed by atoms with Crippen LogP contribution in [0.2, 0.25) is 5.15 Å². The van der Waals surface area contributed by atoms with Gasteiger partial charge in [0, 0.05) is 17.3 Å². The molecule has 1 saturated carbocycles. The lowest BCUT2D eigenvalue weighted by Crippen LogP contribution is -2.25. The van der Waals surface area contributed by atoms with Gasteiger partial charge in [0.2, 0.25) is 0 Å². The summed E-state index contributed by atoms with van der Waals surface area (Å²) in [6.07, 6.45) is 5.24. The fourth-order valence-electron chi connectivity index (χ4n) is 3.15. The topological polar surface area (TPSA) is 97.6 Å². The van der Waals surface area contributed by atoms with Crippen LogP contribution in [0.25, 0.3) is 16.9 Å². The van der Waals surface area contributed by atoms with Gasteiger partial charge in [-0.2, -0.15) is 9.78 Å². The molecular formula is C21H18ClN7O. The number of rotatable bonds is 5. The number of nitrogens with zero attached hydrogens (tertiary/aromatic N) is 5. The van der Waals surface area contributed by atoms with E-state index in [1.54, 1.807) is 29.1 Å². The maximum Gasteiger partial charge on any atom is 0.251 e. The number of nitrogens with one attached hydrogen (secondary N) is 2. The van der Waals surface area contributed by atoms with Gasteiger partial charge in [-0.25, -0.2) is 15.0 Å². The van der Waals surface area contributed by atoms with Gasteiger partial charge in [0.25, 0.3) is 5.91 Å². The number of carbonyl (C=O) groups excluding carboxylic acids is 1. The smallest absolute Gasteiger partial charge is 0.251 e. The van der Waals surface area contributed by atoms with Crippen molar-refractivity contribution >= 4 is 40.0 Å². The second-order valence-electron chi connectivity index (χ2n) is 7.24. The standard InChI is InChI=1S/C21H18ClN7O/c1-12-5-6-13(21(30)26-14-7-8-14)9-16(12)27-19-15-10-25-29(20(15)24-11-23-19)18-4-2-3-17(22)28-18/h2-6,9-11,14H,7-8H2,1H3,(H,26,30)(H,23,24,27). The molecule has 5 rings (SSSR count). The molecule has 0 atom stereocenters. The molecular weight excluding hydrogens is 402 g/mol. The van der Waals surface area contributed by atoms with E-state index in [-0.39, 0.29) is 5.91 Å². The highest BCUT2D eigenvalue weighted by Crippen LogP contribution is 2.27. The first-order valence-corrected chi connectivity index (χ1v) is 9.96. The van der Waals surface area contributed by atoms with E-state index < -0.39 is 0 Å². The predicted molar refractivity (Wildman–Crippen MR) is 114 cm³/mol. The van der Waals surface area contributed by atoms with E-state index in [0.717, 1.165) is 29.5 Å². The molecule has 0 unspecified atom stereocenters. The zero-order valence-corrected chi connectivity index (χ0v) is 16.9. The van der Waals surface area contributed by atoms with E-state index in [2.05, 4.69) is 30.7 Å². The van der Waals surface area contributed by atoms with Crippen molar-refractivity contribution in [1.29, 1.82) is 0 Å². The van der Waals surface area contributed by atoms with Gasteiger partial charge < -0.3 is 10.6 Å². The molecule has 0 radical (unpaired) electrons. The molecule has 9 heteroatoms. The lowest BCUT2D eigenvalue weighted by Gasteiger charge is -2.12. The summed E-state index contributed by atoms with van der Waals surface area (Å²) >= 11 is 6.01. The maximum atomic E-state index is 12.4. The molecule has 8 nitrogen and oxygen atoms in total. The molecule has 0 aliphatic heterocycles. The van der Waals surface area contributed by atoms with Crippen LogP contribution in [0.15, 0.2) is 48.9 Å². The van der Waals surface area contributed by atoms with Crippen molar-refractivity contribution in [3.8, 4) is 5.82 Å². The van der Waals surface area contributed by atoms with Crippen molar-refractivity contribution in [3.05, 3.63) is 65.2 Å². The molecule has 1 aliphatic rings. The molecule has 1 amide bonds. The number of aromatic nitrogens is 5. The summed E-state index contributed by atoms with van der Waals surface area (Å²) in [7, 11) is 0. The number of benzene rings is 1. The molecule has 150 valence electrons. The Labute approximate surface area is 177 Å². The second-order valence-corrected chi connectivity index (χ2v) is 7.62. The average Bonchev–Trinajstić information content (AvgIpc) is 3.44. The van der Waals surface area contributed by atoms with Crippen LogP contribution in [0.5, 0.6) is 0 Å². The third kappa shape index (κ3) is 3.57. The number of hydrogen-bond donors (Lipinski definition) is 2. The number of hydrogen-bond acceptors (Lipinski definition) is 6. The summed E-state index contributed by atoms with van der Waals surface area (Å²) in [6.45, 7) is 1.97. The van der Waals surface area contributed by atoms with Gasteiger partial charge in [-0.15, -0.1) is 0 Å². The molecule has 1 aromatic carbocycles. The Bertz CT molecular complexity index is 1270. The fourth-order valence-corrected chi connectivity index (χ4v) is 3.31. The van der Waals surface area contributed by atoms with Gasteiger partial charge in [-0.3, -0.25) is 4.79 Å². The number of fused-ring (bicyclic) bond motifs is 1. The first-order chi connectivity index (χ1) is 14.6. The minimum Gasteiger partial charge on any atom is -0.349 e. The summed E-state index contributed by atoms with van der Waals surface area (Å²) in [5, 5.41) is 11.8. The monoisotopic (exact) mass is 419 g/mol. The van der Waals surface area contributed by atoms with Crippen LogP contribution in [0.4, 0.5) is 11.5 Å². The second kappa shape index (κ2) is 7.38. The molecule has 1 fully saturated rings. The van der Waals surface area contributed by atoms with Crippen LogP contribution >= 0.6 is 11.6 Å². The van der Waals surface area contributed by atoms with Crippen LogP contribution in [-0.4, -0.2) is 36.7 Å². The largest absolute Gasteiger partial charge is 0.349 e. The van der Waals surface area contributed by atoms with Crippen molar-refractivity contribution in [2.24, 2.45) is 0 Å². The van der Waals surface area contributed by atoms with E-state index in [1.807, 2.05) is 25.1 Å². The Kier molecular flexibility index (Phi) is 4.55. The summed E-state index contributed by atoms with van der Waals surface area (Å²) in [6, 6.07) is 11.2. The van der Waals surface area contributed by atoms with Gasteiger partial charge in [-0.05, 0) is 49.6 Å². The van der Waals surface area contributed by atoms with Crippen molar-refractivity contribution in [3.63, 3.8) is 0 Å². The first kappa shape index (κ1) is 18.5. The minimum atomic E-state index is -0.0618. The molecule has 30 heavy (non-hydrogen) atoms. The lowest BCUT2D eigenvalue weighted by atomic mass is 10.1. The van der Waals surface area contributed by atoms with Crippen LogP contribution in [-0.2, 0) is 0 Å². The van der Waals surface area contributed by atoms with Crippen molar-refractivity contribution in [2.75, 3.05) is 5.32 Å². The van der Waals surface area contributed by atoms with Gasteiger partial charge in [-0.1, -0.05) is 23.7 Å². The van der Waals surface area contributed by atoms with E-state index in [9.17, 15) is 4.79 Å². The normalized spacial score (nSPS) is 13.4. The lowest BCUT2D eigenvalue weighted by molar-refractivity contribution is 0.0951. The Morgan fingerprint density at radius 2 is 2.07 bits per heavy atom. The SMILES string of the molecule is Cc1ccc(C(=O)NC2CC2)cc1Nc1ncnc2c1cnn2-c1cccc(Cl)n1. The number of carbonyl (C=O) groups is 1. The highest BCUT2D eigenvalue weighted by Gasteiger charge is 2.24. The van der Waals surface area contributed by atoms with Gasteiger partial charge >= 0.3 is 0 Å². The van der Waals surface area contributed by atoms with Crippen LogP contribution in [0.3, 0.4) is 0 Å².